The van der Waals surface area contributed by atoms with Gasteiger partial charge in [0.05, 0.1) is 12.1 Å². The summed E-state index contributed by atoms with van der Waals surface area (Å²) in [5.74, 6) is 3.00. The minimum Gasteiger partial charge on any atom is -0.493 e. The fourth-order valence-electron chi connectivity index (χ4n) is 3.65. The van der Waals surface area contributed by atoms with E-state index in [1.807, 2.05) is 68.1 Å². The van der Waals surface area contributed by atoms with Crippen LogP contribution in [0.2, 0.25) is 0 Å². The zero-order chi connectivity index (χ0) is 24.5. The van der Waals surface area contributed by atoms with Crippen molar-refractivity contribution in [3.05, 3.63) is 90.6 Å². The molecule has 0 aliphatic rings. The lowest BCUT2D eigenvalue weighted by Gasteiger charge is -2.12. The van der Waals surface area contributed by atoms with Crippen molar-refractivity contribution in [2.45, 2.75) is 33.3 Å². The van der Waals surface area contributed by atoms with Crippen LogP contribution in [0, 0.1) is 0 Å². The van der Waals surface area contributed by atoms with Crippen LogP contribution in [-0.2, 0) is 20.1 Å². The zero-order valence-corrected chi connectivity index (χ0v) is 20.4. The molecule has 0 spiro atoms. The molecule has 0 radical (unpaired) electrons. The smallest absolute Gasteiger partial charge is 0.178 e. The van der Waals surface area contributed by atoms with Crippen LogP contribution in [0.15, 0.2) is 79.3 Å². The molecule has 35 heavy (non-hydrogen) atoms. The number of nitrogens with zero attached hydrogens (tertiary/aromatic N) is 4. The van der Waals surface area contributed by atoms with E-state index in [4.69, 9.17) is 9.47 Å². The molecule has 5 aromatic rings. The number of imidazole rings is 2. The van der Waals surface area contributed by atoms with Crippen LogP contribution < -0.4 is 9.47 Å². The second-order valence-electron chi connectivity index (χ2n) is 7.83. The quantitative estimate of drug-likeness (QED) is 0.269. The highest BCUT2D eigenvalue weighted by molar-refractivity contribution is 5.76. The Labute approximate surface area is 205 Å². The third-order valence-corrected chi connectivity index (χ3v) is 5.42. The molecule has 0 saturated carbocycles. The molecule has 0 aliphatic carbocycles. The Kier molecular flexibility index (Phi) is 8.12. The summed E-state index contributed by atoms with van der Waals surface area (Å²) in [4.78, 5) is 16.6. The molecule has 1 N–H and O–H groups in total. The Bertz CT molecular complexity index is 1310. The van der Waals surface area contributed by atoms with E-state index in [2.05, 4.69) is 44.2 Å². The van der Waals surface area contributed by atoms with Gasteiger partial charge in [0.1, 0.15) is 29.8 Å². The summed E-state index contributed by atoms with van der Waals surface area (Å²) in [5.41, 5.74) is 3.75. The first-order chi connectivity index (χ1) is 17.2. The standard InChI is InChI=1S/C26H25N5O2.C2H6/c1-31-13-12-27-24(31)18-33-22-16-20(25-29-23-10-5-11-28-26(23)30-25)15-21(17-22)32-14-6-9-19-7-3-2-4-8-19;1-2/h2-5,7-8,10-13,15-17H,6,9,14,18H2,1H3,(H,28,29,30);1-2H3. The molecule has 7 nitrogen and oxygen atoms in total. The Hall–Kier alpha value is -4.13. The summed E-state index contributed by atoms with van der Waals surface area (Å²) in [5, 5.41) is 0. The van der Waals surface area contributed by atoms with Crippen LogP contribution in [0.25, 0.3) is 22.6 Å². The number of aryl methyl sites for hydroxylation is 2. The molecule has 180 valence electrons. The van der Waals surface area contributed by atoms with Crippen molar-refractivity contribution in [3.8, 4) is 22.9 Å². The number of hydrogen-bond acceptors (Lipinski definition) is 5. The summed E-state index contributed by atoms with van der Waals surface area (Å²) in [6.07, 6.45) is 7.29. The lowest BCUT2D eigenvalue weighted by atomic mass is 10.1. The highest BCUT2D eigenvalue weighted by atomic mass is 16.5. The predicted molar refractivity (Wildman–Crippen MR) is 138 cm³/mol. The molecule has 0 saturated heterocycles. The maximum atomic E-state index is 6.11. The molecular weight excluding hydrogens is 438 g/mol. The van der Waals surface area contributed by atoms with Gasteiger partial charge in [-0.3, -0.25) is 0 Å². The van der Waals surface area contributed by atoms with Gasteiger partial charge in [0.15, 0.2) is 5.65 Å². The number of rotatable bonds is 9. The third kappa shape index (κ3) is 6.26. The van der Waals surface area contributed by atoms with E-state index in [1.165, 1.54) is 5.56 Å². The van der Waals surface area contributed by atoms with Crippen LogP contribution in [0.3, 0.4) is 0 Å². The van der Waals surface area contributed by atoms with E-state index < -0.39 is 0 Å². The number of aromatic amines is 1. The van der Waals surface area contributed by atoms with Crippen LogP contribution in [0.1, 0.15) is 31.7 Å². The van der Waals surface area contributed by atoms with Gasteiger partial charge in [-0.2, -0.15) is 0 Å². The number of nitrogens with one attached hydrogen (secondary N) is 1. The molecule has 0 amide bonds. The molecule has 3 aromatic heterocycles. The highest BCUT2D eigenvalue weighted by Gasteiger charge is 2.11. The van der Waals surface area contributed by atoms with Gasteiger partial charge in [0, 0.05) is 37.3 Å². The van der Waals surface area contributed by atoms with Crippen molar-refractivity contribution in [2.24, 2.45) is 7.05 Å². The SMILES string of the molecule is CC.Cn1ccnc1COc1cc(OCCCc2ccccc2)cc(-c2nc3ncccc3[nH]2)c1. The third-order valence-electron chi connectivity index (χ3n) is 5.42. The molecule has 0 aliphatic heterocycles. The Morgan fingerprint density at radius 1 is 0.886 bits per heavy atom. The van der Waals surface area contributed by atoms with Crippen molar-refractivity contribution in [2.75, 3.05) is 6.61 Å². The van der Waals surface area contributed by atoms with Gasteiger partial charge in [-0.25, -0.2) is 15.0 Å². The minimum atomic E-state index is 0.363. The van der Waals surface area contributed by atoms with Crippen molar-refractivity contribution in [1.29, 1.82) is 0 Å². The molecule has 0 atom stereocenters. The number of ether oxygens (including phenoxy) is 2. The van der Waals surface area contributed by atoms with Gasteiger partial charge in [-0.05, 0) is 42.7 Å². The van der Waals surface area contributed by atoms with Gasteiger partial charge >= 0.3 is 0 Å². The zero-order valence-electron chi connectivity index (χ0n) is 20.4. The normalized spacial score (nSPS) is 10.6. The van der Waals surface area contributed by atoms with E-state index in [1.54, 1.807) is 12.4 Å². The number of aromatic nitrogens is 5. The van der Waals surface area contributed by atoms with Crippen LogP contribution >= 0.6 is 0 Å². The summed E-state index contributed by atoms with van der Waals surface area (Å²) < 4.78 is 14.1. The Morgan fingerprint density at radius 3 is 2.43 bits per heavy atom. The number of benzene rings is 2. The minimum absolute atomic E-state index is 0.363. The summed E-state index contributed by atoms with van der Waals surface area (Å²) >= 11 is 0. The molecular formula is C28H31N5O2. The van der Waals surface area contributed by atoms with Gasteiger partial charge < -0.3 is 19.0 Å². The van der Waals surface area contributed by atoms with Gasteiger partial charge in [-0.1, -0.05) is 44.2 Å². The number of fused-ring (bicyclic) bond motifs is 1. The summed E-state index contributed by atoms with van der Waals surface area (Å²) in [7, 11) is 1.95. The molecule has 7 heteroatoms. The van der Waals surface area contributed by atoms with E-state index in [9.17, 15) is 0 Å². The maximum Gasteiger partial charge on any atom is 0.178 e. The van der Waals surface area contributed by atoms with Crippen molar-refractivity contribution < 1.29 is 9.47 Å². The van der Waals surface area contributed by atoms with Crippen molar-refractivity contribution in [1.82, 2.24) is 24.5 Å². The second-order valence-corrected chi connectivity index (χ2v) is 7.83. The summed E-state index contributed by atoms with van der Waals surface area (Å²) in [6.45, 7) is 4.97. The van der Waals surface area contributed by atoms with Gasteiger partial charge in [-0.15, -0.1) is 0 Å². The molecule has 3 heterocycles. The Balaban J connectivity index is 0.00000141. The first-order valence-electron chi connectivity index (χ1n) is 12.0. The average Bonchev–Trinajstić information content (AvgIpc) is 3.53. The lowest BCUT2D eigenvalue weighted by Crippen LogP contribution is -2.04. The first kappa shape index (κ1) is 24.0. The maximum absolute atomic E-state index is 6.11. The fraction of sp³-hybridized carbons (Fsp3) is 0.250. The van der Waals surface area contributed by atoms with Crippen LogP contribution in [-0.4, -0.2) is 31.1 Å². The predicted octanol–water partition coefficient (Wildman–Crippen LogP) is 5.98. The molecule has 0 unspecified atom stereocenters. The van der Waals surface area contributed by atoms with Gasteiger partial charge in [0.25, 0.3) is 0 Å². The van der Waals surface area contributed by atoms with E-state index >= 15 is 0 Å². The topological polar surface area (TPSA) is 77.8 Å². The summed E-state index contributed by atoms with van der Waals surface area (Å²) in [6, 6.07) is 20.1. The Morgan fingerprint density at radius 2 is 1.69 bits per heavy atom. The van der Waals surface area contributed by atoms with E-state index in [-0.39, 0.29) is 0 Å². The van der Waals surface area contributed by atoms with E-state index in [0.29, 0.717) is 24.6 Å². The van der Waals surface area contributed by atoms with Crippen LogP contribution in [0.4, 0.5) is 0 Å². The monoisotopic (exact) mass is 469 g/mol. The molecule has 2 aromatic carbocycles. The molecule has 5 rings (SSSR count). The van der Waals surface area contributed by atoms with E-state index in [0.717, 1.165) is 41.3 Å². The van der Waals surface area contributed by atoms with Crippen molar-refractivity contribution >= 4 is 11.2 Å². The molecule has 0 bridgehead atoms. The van der Waals surface area contributed by atoms with Crippen LogP contribution in [0.5, 0.6) is 11.5 Å². The first-order valence-corrected chi connectivity index (χ1v) is 12.0. The number of hydrogen-bond donors (Lipinski definition) is 1. The number of H-pyrrole nitrogens is 1. The fourth-order valence-corrected chi connectivity index (χ4v) is 3.65. The van der Waals surface area contributed by atoms with Gasteiger partial charge in [0.2, 0.25) is 0 Å². The largest absolute Gasteiger partial charge is 0.493 e. The lowest BCUT2D eigenvalue weighted by molar-refractivity contribution is 0.283. The highest BCUT2D eigenvalue weighted by Crippen LogP contribution is 2.30. The van der Waals surface area contributed by atoms with Crippen molar-refractivity contribution in [3.63, 3.8) is 0 Å². The average molecular weight is 470 g/mol. The molecule has 0 fully saturated rings. The second kappa shape index (κ2) is 11.8. The number of pyridine rings is 1.